The molecule has 0 bridgehead atoms. The number of nitrogens with zero attached hydrogens (tertiary/aromatic N) is 4. The van der Waals surface area contributed by atoms with Crippen LogP contribution >= 0.6 is 27.3 Å². The summed E-state index contributed by atoms with van der Waals surface area (Å²) in [5.74, 6) is 0.531. The molecule has 0 fully saturated rings. The van der Waals surface area contributed by atoms with Crippen LogP contribution in [0.5, 0.6) is 0 Å². The van der Waals surface area contributed by atoms with Gasteiger partial charge in [-0.25, -0.2) is 0 Å². The van der Waals surface area contributed by atoms with E-state index in [4.69, 9.17) is 0 Å². The van der Waals surface area contributed by atoms with E-state index in [9.17, 15) is 4.79 Å². The van der Waals surface area contributed by atoms with Gasteiger partial charge in [0.15, 0.2) is 5.82 Å². The third kappa shape index (κ3) is 2.58. The van der Waals surface area contributed by atoms with E-state index in [1.165, 1.54) is 15.9 Å². The van der Waals surface area contributed by atoms with Crippen molar-refractivity contribution in [3.8, 4) is 11.4 Å². The van der Waals surface area contributed by atoms with Gasteiger partial charge in [-0.05, 0) is 29.8 Å². The van der Waals surface area contributed by atoms with Gasteiger partial charge in [-0.3, -0.25) is 9.78 Å². The van der Waals surface area contributed by atoms with E-state index in [1.54, 1.807) is 12.4 Å². The molecular formula is C16H9BrN4OS. The second-order valence-corrected chi connectivity index (χ2v) is 6.67. The van der Waals surface area contributed by atoms with Gasteiger partial charge in [0.05, 0.1) is 4.53 Å². The summed E-state index contributed by atoms with van der Waals surface area (Å²) in [4.78, 5) is 21.5. The number of benzene rings is 1. The molecule has 0 N–H and O–H groups in total. The number of halogens is 1. The number of fused-ring (bicyclic) bond motifs is 1. The smallest absolute Gasteiger partial charge is 0.266 e. The fraction of sp³-hybridized carbons (Fsp3) is 0. The van der Waals surface area contributed by atoms with Gasteiger partial charge in [0.25, 0.3) is 5.56 Å². The van der Waals surface area contributed by atoms with Crippen LogP contribution in [0.1, 0.15) is 5.56 Å². The zero-order chi connectivity index (χ0) is 15.8. The van der Waals surface area contributed by atoms with Crippen LogP contribution in [0.25, 0.3) is 22.4 Å². The Morgan fingerprint density at radius 3 is 2.65 bits per heavy atom. The van der Waals surface area contributed by atoms with Crippen LogP contribution in [0.4, 0.5) is 0 Å². The van der Waals surface area contributed by atoms with Crippen molar-refractivity contribution in [3.63, 3.8) is 0 Å². The van der Waals surface area contributed by atoms with E-state index in [0.717, 1.165) is 15.6 Å². The van der Waals surface area contributed by atoms with Crippen LogP contribution in [-0.4, -0.2) is 19.6 Å². The quantitative estimate of drug-likeness (QED) is 0.532. The predicted octanol–water partition coefficient (Wildman–Crippen LogP) is 2.52. The van der Waals surface area contributed by atoms with Gasteiger partial charge in [-0.2, -0.15) is 9.50 Å². The van der Waals surface area contributed by atoms with Crippen molar-refractivity contribution in [2.24, 2.45) is 0 Å². The zero-order valence-electron chi connectivity index (χ0n) is 11.7. The number of pyridine rings is 1. The van der Waals surface area contributed by atoms with Gasteiger partial charge >= 0.3 is 0 Å². The Hall–Kier alpha value is -2.38. The van der Waals surface area contributed by atoms with Crippen LogP contribution < -0.4 is 10.1 Å². The van der Waals surface area contributed by atoms with Crippen LogP contribution in [0, 0.1) is 0 Å². The summed E-state index contributed by atoms with van der Waals surface area (Å²) in [6.45, 7) is 0. The minimum atomic E-state index is -0.159. The molecule has 112 valence electrons. The molecule has 4 aromatic rings. The van der Waals surface area contributed by atoms with E-state index >= 15 is 0 Å². The molecule has 7 heteroatoms. The molecule has 0 spiro atoms. The Balaban J connectivity index is 1.86. The summed E-state index contributed by atoms with van der Waals surface area (Å²) in [6.07, 6.45) is 5.20. The molecule has 0 saturated carbocycles. The lowest BCUT2D eigenvalue weighted by Crippen LogP contribution is -2.23. The van der Waals surface area contributed by atoms with Gasteiger partial charge in [0.1, 0.15) is 0 Å². The standard InChI is InChI=1S/C16H9BrN4OS/c17-12-4-2-1-3-11(12)9-13-15(22)21-16(23-13)19-14(20-21)10-5-7-18-8-6-10/h1-9H/b13-9-. The van der Waals surface area contributed by atoms with Crippen molar-refractivity contribution in [1.29, 1.82) is 0 Å². The molecule has 0 radical (unpaired) electrons. The molecule has 0 amide bonds. The fourth-order valence-electron chi connectivity index (χ4n) is 2.19. The van der Waals surface area contributed by atoms with Gasteiger partial charge < -0.3 is 0 Å². The van der Waals surface area contributed by atoms with Crippen LogP contribution in [0.15, 0.2) is 58.1 Å². The predicted molar refractivity (Wildman–Crippen MR) is 93.3 cm³/mol. The largest absolute Gasteiger partial charge is 0.291 e. The van der Waals surface area contributed by atoms with Gasteiger partial charge in [-0.1, -0.05) is 45.5 Å². The first-order chi connectivity index (χ1) is 11.2. The molecule has 5 nitrogen and oxygen atoms in total. The van der Waals surface area contributed by atoms with Crippen molar-refractivity contribution >= 4 is 38.3 Å². The second kappa shape index (κ2) is 5.68. The molecule has 1 aromatic carbocycles. The summed E-state index contributed by atoms with van der Waals surface area (Å²) in [5.41, 5.74) is 1.63. The molecule has 3 aromatic heterocycles. The maximum atomic E-state index is 12.5. The van der Waals surface area contributed by atoms with Crippen molar-refractivity contribution < 1.29 is 0 Å². The Bertz CT molecular complexity index is 1100. The third-order valence-electron chi connectivity index (χ3n) is 3.31. The lowest BCUT2D eigenvalue weighted by atomic mass is 10.2. The van der Waals surface area contributed by atoms with Gasteiger partial charge in [0.2, 0.25) is 4.96 Å². The summed E-state index contributed by atoms with van der Waals surface area (Å²) < 4.78 is 2.90. The number of hydrogen-bond acceptors (Lipinski definition) is 5. The first kappa shape index (κ1) is 14.2. The molecule has 0 aliphatic heterocycles. The summed E-state index contributed by atoms with van der Waals surface area (Å²) in [7, 11) is 0. The number of hydrogen-bond donors (Lipinski definition) is 0. The van der Waals surface area contributed by atoms with Crippen LogP contribution in [-0.2, 0) is 0 Å². The highest BCUT2D eigenvalue weighted by molar-refractivity contribution is 9.10. The Morgan fingerprint density at radius 2 is 1.91 bits per heavy atom. The molecule has 0 atom stereocenters. The van der Waals surface area contributed by atoms with Crippen molar-refractivity contribution in [1.82, 2.24) is 19.6 Å². The minimum Gasteiger partial charge on any atom is -0.266 e. The third-order valence-corrected chi connectivity index (χ3v) is 4.99. The normalized spacial score (nSPS) is 12.1. The Kier molecular flexibility index (Phi) is 3.51. The summed E-state index contributed by atoms with van der Waals surface area (Å²) in [6, 6.07) is 11.4. The number of rotatable bonds is 2. The Labute approximate surface area is 143 Å². The topological polar surface area (TPSA) is 60.2 Å². The maximum Gasteiger partial charge on any atom is 0.291 e. The molecule has 0 aliphatic rings. The molecule has 0 aliphatic carbocycles. The molecule has 0 unspecified atom stereocenters. The number of aromatic nitrogens is 4. The zero-order valence-corrected chi connectivity index (χ0v) is 14.1. The average Bonchev–Trinajstić information content (AvgIpc) is 3.11. The summed E-state index contributed by atoms with van der Waals surface area (Å²) >= 11 is 4.81. The monoisotopic (exact) mass is 384 g/mol. The molecule has 23 heavy (non-hydrogen) atoms. The van der Waals surface area contributed by atoms with Crippen molar-refractivity contribution in [2.75, 3.05) is 0 Å². The molecule has 3 heterocycles. The van der Waals surface area contributed by atoms with E-state index in [0.29, 0.717) is 15.3 Å². The second-order valence-electron chi connectivity index (χ2n) is 4.80. The first-order valence-corrected chi connectivity index (χ1v) is 8.39. The van der Waals surface area contributed by atoms with Crippen LogP contribution in [0.3, 0.4) is 0 Å². The lowest BCUT2D eigenvalue weighted by molar-refractivity contribution is 0.936. The highest BCUT2D eigenvalue weighted by Crippen LogP contribution is 2.17. The first-order valence-electron chi connectivity index (χ1n) is 6.78. The highest BCUT2D eigenvalue weighted by Gasteiger charge is 2.11. The SMILES string of the molecule is O=c1/c(=C/c2ccccc2Br)sc2nc(-c3ccncc3)nn12. The fourth-order valence-corrected chi connectivity index (χ4v) is 3.49. The number of thiazole rings is 1. The Morgan fingerprint density at radius 1 is 1.13 bits per heavy atom. The van der Waals surface area contributed by atoms with E-state index < -0.39 is 0 Å². The van der Waals surface area contributed by atoms with Crippen molar-refractivity contribution in [2.45, 2.75) is 0 Å². The highest BCUT2D eigenvalue weighted by atomic mass is 79.9. The van der Waals surface area contributed by atoms with Gasteiger partial charge in [0, 0.05) is 22.4 Å². The summed E-state index contributed by atoms with van der Waals surface area (Å²) in [5, 5.41) is 4.31. The van der Waals surface area contributed by atoms with Gasteiger partial charge in [-0.15, -0.1) is 5.10 Å². The maximum absolute atomic E-state index is 12.5. The van der Waals surface area contributed by atoms with Crippen LogP contribution in [0.2, 0.25) is 0 Å². The molecule has 4 rings (SSSR count). The van der Waals surface area contributed by atoms with E-state index in [-0.39, 0.29) is 5.56 Å². The molecular weight excluding hydrogens is 376 g/mol. The average molecular weight is 385 g/mol. The van der Waals surface area contributed by atoms with Crippen molar-refractivity contribution in [3.05, 3.63) is 73.7 Å². The van der Waals surface area contributed by atoms with E-state index in [2.05, 4.69) is 31.0 Å². The lowest BCUT2D eigenvalue weighted by Gasteiger charge is -1.94. The van der Waals surface area contributed by atoms with E-state index in [1.807, 2.05) is 42.5 Å². The minimum absolute atomic E-state index is 0.159. The molecule has 0 saturated heterocycles.